The number of hydrogen-bond acceptors (Lipinski definition) is 6. The van der Waals surface area contributed by atoms with Crippen LogP contribution in [-0.2, 0) is 0 Å². The van der Waals surface area contributed by atoms with Crippen molar-refractivity contribution in [2.24, 2.45) is 0 Å². The van der Waals surface area contributed by atoms with Crippen molar-refractivity contribution >= 4 is 113 Å². The molecule has 0 aliphatic heterocycles. The van der Waals surface area contributed by atoms with Crippen molar-refractivity contribution in [2.75, 3.05) is 9.80 Å². The molecule has 0 saturated carbocycles. The molecule has 0 amide bonds. The Kier molecular flexibility index (Phi) is 11.4. The van der Waals surface area contributed by atoms with Gasteiger partial charge in [-0.2, -0.15) is 0 Å². The number of benzene rings is 11. The fourth-order valence-electron chi connectivity index (χ4n) is 9.49. The first-order valence-electron chi connectivity index (χ1n) is 22.9. The fourth-order valence-corrected chi connectivity index (χ4v) is 9.49. The summed E-state index contributed by atoms with van der Waals surface area (Å²) in [5.41, 5.74) is 8.97. The zero-order valence-electron chi connectivity index (χ0n) is 37.7. The summed E-state index contributed by atoms with van der Waals surface area (Å²) in [5, 5.41) is 31.1. The van der Waals surface area contributed by atoms with E-state index in [0.717, 1.165) is 66.8 Å². The molecule has 0 heterocycles. The normalized spacial score (nSPS) is 11.5. The number of hydrogen-bond donors (Lipinski definition) is 0. The van der Waals surface area contributed by atoms with Crippen molar-refractivity contribution in [1.29, 1.82) is 0 Å². The van der Waals surface area contributed by atoms with E-state index in [1.54, 1.807) is 36.4 Å². The maximum atomic E-state index is 12.9. The molecular formula is C62H42N4O4. The van der Waals surface area contributed by atoms with Crippen LogP contribution in [-0.4, -0.2) is 9.85 Å². The van der Waals surface area contributed by atoms with Crippen molar-refractivity contribution < 1.29 is 9.85 Å². The predicted octanol–water partition coefficient (Wildman–Crippen LogP) is 17.4. The van der Waals surface area contributed by atoms with Crippen LogP contribution in [0.2, 0.25) is 0 Å². The van der Waals surface area contributed by atoms with Crippen molar-refractivity contribution in [3.63, 3.8) is 0 Å². The second kappa shape index (κ2) is 18.6. The Balaban J connectivity index is 0.888. The van der Waals surface area contributed by atoms with Gasteiger partial charge in [0.05, 0.1) is 42.8 Å². The van der Waals surface area contributed by atoms with Crippen LogP contribution >= 0.6 is 0 Å². The second-order valence-electron chi connectivity index (χ2n) is 17.0. The molecule has 334 valence electrons. The van der Waals surface area contributed by atoms with Gasteiger partial charge in [0.2, 0.25) is 0 Å². The standard InChI is InChI=1S/C62H42N4O4/c67-65(68)61-56-40-34-46(28-26-44-31-37-52(38-32-44)64(50-19-5-2-6-20-50)60-24-12-16-48-14-8-10-22-54(48)60)42-58(56)62(66(69)70)55-39-33-45(41-57(55)61)27-25-43-29-35-51(36-30-43)63(49-17-3-1-4-18-49)59-23-11-15-47-13-7-9-21-53(47)59/h1-42H/b27-25-,28-26-. The predicted molar refractivity (Wildman–Crippen MR) is 290 cm³/mol. The average molecular weight is 907 g/mol. The van der Waals surface area contributed by atoms with E-state index in [9.17, 15) is 20.2 Å². The maximum absolute atomic E-state index is 12.9. The van der Waals surface area contributed by atoms with E-state index in [0.29, 0.717) is 11.1 Å². The Labute approximate surface area is 403 Å². The number of nitro benzene ring substituents is 2. The van der Waals surface area contributed by atoms with Crippen LogP contribution in [0, 0.1) is 20.2 Å². The van der Waals surface area contributed by atoms with Gasteiger partial charge in [-0.25, -0.2) is 0 Å². The van der Waals surface area contributed by atoms with E-state index in [2.05, 4.69) is 131 Å². The molecule has 70 heavy (non-hydrogen) atoms. The summed E-state index contributed by atoms with van der Waals surface area (Å²) in [6.45, 7) is 0. The molecule has 0 radical (unpaired) electrons. The van der Waals surface area contributed by atoms with E-state index in [1.807, 2.05) is 97.1 Å². The Hall–Kier alpha value is -9.66. The molecule has 8 nitrogen and oxygen atoms in total. The van der Waals surface area contributed by atoms with Gasteiger partial charge in [0, 0.05) is 33.5 Å². The highest BCUT2D eigenvalue weighted by Gasteiger charge is 2.28. The number of para-hydroxylation sites is 2. The first-order chi connectivity index (χ1) is 34.4. The van der Waals surface area contributed by atoms with Gasteiger partial charge < -0.3 is 9.80 Å². The van der Waals surface area contributed by atoms with Gasteiger partial charge >= 0.3 is 0 Å². The minimum absolute atomic E-state index is 0.176. The summed E-state index contributed by atoms with van der Waals surface area (Å²) in [6.07, 6.45) is 7.62. The van der Waals surface area contributed by atoms with Crippen molar-refractivity contribution in [3.05, 3.63) is 273 Å². The Morgan fingerprint density at radius 1 is 0.300 bits per heavy atom. The molecule has 0 unspecified atom stereocenters. The van der Waals surface area contributed by atoms with Gasteiger partial charge in [-0.3, -0.25) is 20.2 Å². The number of nitro groups is 2. The van der Waals surface area contributed by atoms with Crippen molar-refractivity contribution in [3.8, 4) is 0 Å². The molecule has 0 atom stereocenters. The van der Waals surface area contributed by atoms with Crippen LogP contribution in [0.3, 0.4) is 0 Å². The van der Waals surface area contributed by atoms with Crippen LogP contribution < -0.4 is 9.80 Å². The number of nitrogens with zero attached hydrogens (tertiary/aromatic N) is 4. The molecule has 11 rings (SSSR count). The SMILES string of the molecule is O=[N+]([O-])c1c2ccc(/C=C\c3ccc(N(c4ccccc4)c4cccc5ccccc45)cc3)cc2c([N+](=O)[O-])c2ccc(/C=C\c3ccc(N(c4ccccc4)c4cccc5ccccc45)cc3)cc12. The Morgan fingerprint density at radius 3 is 1.03 bits per heavy atom. The summed E-state index contributed by atoms with van der Waals surface area (Å²) in [6, 6.07) is 76.3. The Bertz CT molecular complexity index is 3570. The molecule has 0 aliphatic rings. The second-order valence-corrected chi connectivity index (χ2v) is 17.0. The van der Waals surface area contributed by atoms with Crippen LogP contribution in [0.5, 0.6) is 0 Å². The van der Waals surface area contributed by atoms with Crippen molar-refractivity contribution in [1.82, 2.24) is 0 Å². The molecule has 0 N–H and O–H groups in total. The Morgan fingerprint density at radius 2 is 0.629 bits per heavy atom. The topological polar surface area (TPSA) is 92.8 Å². The zero-order chi connectivity index (χ0) is 47.6. The number of anilines is 6. The zero-order valence-corrected chi connectivity index (χ0v) is 37.7. The molecule has 0 saturated heterocycles. The summed E-state index contributed by atoms with van der Waals surface area (Å²) in [5.74, 6) is 0. The molecule has 0 fully saturated rings. The highest BCUT2D eigenvalue weighted by Crippen LogP contribution is 2.44. The first kappa shape index (κ1) is 42.9. The summed E-state index contributed by atoms with van der Waals surface area (Å²) in [4.78, 5) is 29.3. The number of rotatable bonds is 12. The average Bonchev–Trinajstić information content (AvgIpc) is 3.40. The molecule has 8 heteroatoms. The first-order valence-corrected chi connectivity index (χ1v) is 22.9. The maximum Gasteiger partial charge on any atom is 0.285 e. The summed E-state index contributed by atoms with van der Waals surface area (Å²) >= 11 is 0. The van der Waals surface area contributed by atoms with Crippen LogP contribution in [0.25, 0.3) is 67.4 Å². The van der Waals surface area contributed by atoms with Crippen LogP contribution in [0.4, 0.5) is 45.5 Å². The van der Waals surface area contributed by atoms with E-state index in [1.165, 1.54) is 0 Å². The summed E-state index contributed by atoms with van der Waals surface area (Å²) in [7, 11) is 0. The van der Waals surface area contributed by atoms with E-state index >= 15 is 0 Å². The van der Waals surface area contributed by atoms with E-state index in [-0.39, 0.29) is 32.9 Å². The number of non-ortho nitro benzene ring substituents is 2. The molecule has 11 aromatic rings. The van der Waals surface area contributed by atoms with Crippen LogP contribution in [0.1, 0.15) is 22.3 Å². The minimum atomic E-state index is -0.441. The highest BCUT2D eigenvalue weighted by atomic mass is 16.6. The quantitative estimate of drug-likeness (QED) is 0.0525. The third kappa shape index (κ3) is 8.27. The monoisotopic (exact) mass is 906 g/mol. The minimum Gasteiger partial charge on any atom is -0.310 e. The van der Waals surface area contributed by atoms with Gasteiger partial charge in [0.25, 0.3) is 11.4 Å². The van der Waals surface area contributed by atoms with Gasteiger partial charge in [0.1, 0.15) is 0 Å². The molecule has 0 aliphatic carbocycles. The van der Waals surface area contributed by atoms with Gasteiger partial charge in [-0.15, -0.1) is 0 Å². The van der Waals surface area contributed by atoms with Gasteiger partial charge in [0.15, 0.2) is 0 Å². The molecular weight excluding hydrogens is 865 g/mol. The third-order valence-corrected chi connectivity index (χ3v) is 12.8. The lowest BCUT2D eigenvalue weighted by molar-refractivity contribution is -0.384. The smallest absolute Gasteiger partial charge is 0.285 e. The van der Waals surface area contributed by atoms with Gasteiger partial charge in [-0.05, 0) is 118 Å². The lowest BCUT2D eigenvalue weighted by atomic mass is 9.95. The third-order valence-electron chi connectivity index (χ3n) is 12.8. The van der Waals surface area contributed by atoms with E-state index in [4.69, 9.17) is 0 Å². The largest absolute Gasteiger partial charge is 0.310 e. The molecule has 0 aromatic heterocycles. The van der Waals surface area contributed by atoms with Crippen molar-refractivity contribution in [2.45, 2.75) is 0 Å². The van der Waals surface area contributed by atoms with Crippen LogP contribution in [0.15, 0.2) is 231 Å². The molecule has 0 bridgehead atoms. The van der Waals surface area contributed by atoms with E-state index < -0.39 is 9.85 Å². The summed E-state index contributed by atoms with van der Waals surface area (Å²) < 4.78 is 0. The molecule has 11 aromatic carbocycles. The fraction of sp³-hybridized carbons (Fsp3) is 0. The van der Waals surface area contributed by atoms with Gasteiger partial charge in [-0.1, -0.05) is 170 Å². The lowest BCUT2D eigenvalue weighted by Crippen LogP contribution is -2.10. The lowest BCUT2D eigenvalue weighted by Gasteiger charge is -2.27. The number of fused-ring (bicyclic) bond motifs is 4. The molecule has 0 spiro atoms. The highest BCUT2D eigenvalue weighted by molar-refractivity contribution is 6.16.